The van der Waals surface area contributed by atoms with E-state index in [-0.39, 0.29) is 30.4 Å². The van der Waals surface area contributed by atoms with Gasteiger partial charge in [0.1, 0.15) is 0 Å². The quantitative estimate of drug-likeness (QED) is 0.897. The average Bonchev–Trinajstić information content (AvgIpc) is 2.39. The van der Waals surface area contributed by atoms with Gasteiger partial charge in [0, 0.05) is 5.56 Å². The Labute approximate surface area is 107 Å². The van der Waals surface area contributed by atoms with Crippen LogP contribution in [-0.4, -0.2) is 24.4 Å². The molecule has 1 aromatic rings. The molecule has 0 saturated heterocycles. The Morgan fingerprint density at radius 3 is 2.67 bits per heavy atom. The third-order valence-corrected chi connectivity index (χ3v) is 3.38. The van der Waals surface area contributed by atoms with E-state index in [0.29, 0.717) is 5.56 Å². The molecule has 0 atom stereocenters. The van der Waals surface area contributed by atoms with Gasteiger partial charge in [0.2, 0.25) is 0 Å². The summed E-state index contributed by atoms with van der Waals surface area (Å²) in [5, 5.41) is 9.39. The van der Waals surface area contributed by atoms with Crippen molar-refractivity contribution in [3.63, 3.8) is 0 Å². The van der Waals surface area contributed by atoms with E-state index in [9.17, 15) is 9.50 Å². The minimum Gasteiger partial charge on any atom is -0.494 e. The van der Waals surface area contributed by atoms with Gasteiger partial charge in [-0.2, -0.15) is 0 Å². The third-order valence-electron chi connectivity index (χ3n) is 3.38. The van der Waals surface area contributed by atoms with Crippen LogP contribution < -0.4 is 4.74 Å². The van der Waals surface area contributed by atoms with Crippen molar-refractivity contribution in [2.75, 3.05) is 7.11 Å². The Hall–Kier alpha value is -1.13. The minimum absolute atomic E-state index is 0.124. The fraction of sp³-hybridized carbons (Fsp3) is 0.571. The maximum atomic E-state index is 13.8. The molecule has 3 nitrogen and oxygen atoms in total. The first-order valence-corrected chi connectivity index (χ1v) is 6.31. The van der Waals surface area contributed by atoms with Gasteiger partial charge in [-0.15, -0.1) is 0 Å². The number of benzene rings is 1. The molecule has 100 valence electrons. The number of aliphatic hydroxyl groups is 1. The van der Waals surface area contributed by atoms with Gasteiger partial charge in [-0.25, -0.2) is 4.39 Å². The Morgan fingerprint density at radius 2 is 2.00 bits per heavy atom. The van der Waals surface area contributed by atoms with E-state index in [1.807, 2.05) is 0 Å². The van der Waals surface area contributed by atoms with Crippen molar-refractivity contribution in [1.29, 1.82) is 0 Å². The zero-order valence-electron chi connectivity index (χ0n) is 10.6. The first-order chi connectivity index (χ1) is 8.70. The molecule has 1 N–H and O–H groups in total. The van der Waals surface area contributed by atoms with Crippen molar-refractivity contribution in [3.8, 4) is 5.75 Å². The Kier molecular flexibility index (Phi) is 4.55. The molecule has 0 radical (unpaired) electrons. The van der Waals surface area contributed by atoms with Gasteiger partial charge in [-0.3, -0.25) is 0 Å². The van der Waals surface area contributed by atoms with E-state index in [1.54, 1.807) is 18.2 Å². The molecule has 2 rings (SSSR count). The fourth-order valence-corrected chi connectivity index (χ4v) is 2.24. The molecule has 1 aliphatic carbocycles. The number of ether oxygens (including phenoxy) is 2. The molecule has 0 aliphatic heterocycles. The highest BCUT2D eigenvalue weighted by atomic mass is 19.1. The van der Waals surface area contributed by atoms with Crippen LogP contribution in [0.25, 0.3) is 0 Å². The van der Waals surface area contributed by atoms with Crippen molar-refractivity contribution in [2.24, 2.45) is 0 Å². The topological polar surface area (TPSA) is 38.7 Å². The predicted octanol–water partition coefficient (Wildman–Crippen LogP) is 2.65. The van der Waals surface area contributed by atoms with Crippen LogP contribution in [0.15, 0.2) is 18.2 Å². The van der Waals surface area contributed by atoms with Crippen molar-refractivity contribution < 1.29 is 19.0 Å². The second kappa shape index (κ2) is 6.16. The van der Waals surface area contributed by atoms with Crippen LogP contribution in [0.3, 0.4) is 0 Å². The molecule has 1 aromatic carbocycles. The van der Waals surface area contributed by atoms with Gasteiger partial charge in [-0.1, -0.05) is 12.1 Å². The normalized spacial score (nSPS) is 23.9. The van der Waals surface area contributed by atoms with Crippen LogP contribution >= 0.6 is 0 Å². The molecule has 0 amide bonds. The summed E-state index contributed by atoms with van der Waals surface area (Å²) in [4.78, 5) is 0. The molecule has 1 saturated carbocycles. The molecule has 18 heavy (non-hydrogen) atoms. The SMILES string of the molecule is COc1cccc(COC2CCC(O)CC2)c1F. The number of hydrogen-bond acceptors (Lipinski definition) is 3. The zero-order chi connectivity index (χ0) is 13.0. The number of methoxy groups -OCH3 is 1. The summed E-state index contributed by atoms with van der Waals surface area (Å²) in [6.07, 6.45) is 3.15. The van der Waals surface area contributed by atoms with Crippen LogP contribution in [0.1, 0.15) is 31.2 Å². The summed E-state index contributed by atoms with van der Waals surface area (Å²) in [7, 11) is 1.45. The van der Waals surface area contributed by atoms with Gasteiger partial charge in [0.15, 0.2) is 11.6 Å². The molecule has 1 fully saturated rings. The van der Waals surface area contributed by atoms with Gasteiger partial charge < -0.3 is 14.6 Å². The van der Waals surface area contributed by atoms with Gasteiger partial charge >= 0.3 is 0 Å². The first kappa shape index (κ1) is 13.3. The van der Waals surface area contributed by atoms with Gasteiger partial charge in [-0.05, 0) is 31.7 Å². The molecule has 1 aliphatic rings. The lowest BCUT2D eigenvalue weighted by atomic mass is 9.95. The van der Waals surface area contributed by atoms with E-state index in [2.05, 4.69) is 0 Å². The minimum atomic E-state index is -0.351. The Bertz CT molecular complexity index is 387. The lowest BCUT2D eigenvalue weighted by Crippen LogP contribution is -2.24. The fourth-order valence-electron chi connectivity index (χ4n) is 2.24. The van der Waals surface area contributed by atoms with Gasteiger partial charge in [0.05, 0.1) is 25.9 Å². The van der Waals surface area contributed by atoms with E-state index in [4.69, 9.17) is 9.47 Å². The standard InChI is InChI=1S/C14H19FO3/c1-17-13-4-2-3-10(14(13)15)9-18-12-7-5-11(16)6-8-12/h2-4,11-12,16H,5-9H2,1H3. The lowest BCUT2D eigenvalue weighted by Gasteiger charge is -2.25. The van der Waals surface area contributed by atoms with Crippen LogP contribution in [0, 0.1) is 5.82 Å². The highest BCUT2D eigenvalue weighted by Crippen LogP contribution is 2.24. The Morgan fingerprint density at radius 1 is 1.28 bits per heavy atom. The van der Waals surface area contributed by atoms with E-state index >= 15 is 0 Å². The molecule has 0 spiro atoms. The molecular formula is C14H19FO3. The van der Waals surface area contributed by atoms with Crippen LogP contribution in [0.2, 0.25) is 0 Å². The van der Waals surface area contributed by atoms with Crippen molar-refractivity contribution in [1.82, 2.24) is 0 Å². The van der Waals surface area contributed by atoms with Crippen molar-refractivity contribution in [3.05, 3.63) is 29.6 Å². The highest BCUT2D eigenvalue weighted by molar-refractivity contribution is 5.30. The molecule has 0 aromatic heterocycles. The summed E-state index contributed by atoms with van der Waals surface area (Å²) >= 11 is 0. The molecule has 0 heterocycles. The van der Waals surface area contributed by atoms with Crippen LogP contribution in [0.4, 0.5) is 4.39 Å². The largest absolute Gasteiger partial charge is 0.494 e. The Balaban J connectivity index is 1.90. The van der Waals surface area contributed by atoms with Crippen LogP contribution in [-0.2, 0) is 11.3 Å². The van der Waals surface area contributed by atoms with Crippen molar-refractivity contribution >= 4 is 0 Å². The predicted molar refractivity (Wildman–Crippen MR) is 66.0 cm³/mol. The van der Waals surface area contributed by atoms with Crippen molar-refractivity contribution in [2.45, 2.75) is 44.5 Å². The maximum absolute atomic E-state index is 13.8. The lowest BCUT2D eigenvalue weighted by molar-refractivity contribution is -0.0128. The summed E-state index contributed by atoms with van der Waals surface area (Å²) < 4.78 is 24.5. The summed E-state index contributed by atoms with van der Waals surface area (Å²) in [6, 6.07) is 5.05. The average molecular weight is 254 g/mol. The van der Waals surface area contributed by atoms with E-state index < -0.39 is 0 Å². The zero-order valence-corrected chi connectivity index (χ0v) is 10.6. The molecule has 0 unspecified atom stereocenters. The molecule has 0 bridgehead atoms. The summed E-state index contributed by atoms with van der Waals surface area (Å²) in [6.45, 7) is 0.254. The number of rotatable bonds is 4. The molecular weight excluding hydrogens is 235 g/mol. The monoisotopic (exact) mass is 254 g/mol. The first-order valence-electron chi connectivity index (χ1n) is 6.31. The van der Waals surface area contributed by atoms with Gasteiger partial charge in [0.25, 0.3) is 0 Å². The maximum Gasteiger partial charge on any atom is 0.170 e. The third kappa shape index (κ3) is 3.21. The van der Waals surface area contributed by atoms with E-state index in [1.165, 1.54) is 7.11 Å². The summed E-state index contributed by atoms with van der Waals surface area (Å²) in [5.41, 5.74) is 0.514. The number of hydrogen-bond donors (Lipinski definition) is 1. The van der Waals surface area contributed by atoms with E-state index in [0.717, 1.165) is 25.7 Å². The van der Waals surface area contributed by atoms with Crippen LogP contribution in [0.5, 0.6) is 5.75 Å². The second-order valence-electron chi connectivity index (χ2n) is 4.67. The second-order valence-corrected chi connectivity index (χ2v) is 4.67. The number of aliphatic hydroxyl groups excluding tert-OH is 1. The highest BCUT2D eigenvalue weighted by Gasteiger charge is 2.20. The number of halogens is 1. The molecule has 4 heteroatoms. The smallest absolute Gasteiger partial charge is 0.170 e. The summed E-state index contributed by atoms with van der Waals surface area (Å²) in [5.74, 6) is -0.106.